The number of aryl methyl sites for hydroxylation is 5. The minimum Gasteiger partial charge on any atom is -0.748 e. The molecule has 3 N–H and O–H groups in total. The van der Waals surface area contributed by atoms with Crippen LogP contribution in [0.4, 0.5) is 17.6 Å². The van der Waals surface area contributed by atoms with Crippen molar-refractivity contribution in [3.63, 3.8) is 0 Å². The van der Waals surface area contributed by atoms with Crippen LogP contribution in [0, 0.1) is 0 Å². The molecule has 0 unspecified atom stereocenters. The summed E-state index contributed by atoms with van der Waals surface area (Å²) in [6.07, 6.45) is 15.2. The summed E-state index contributed by atoms with van der Waals surface area (Å²) in [5, 5.41) is 5.59. The number of anilines is 3. The maximum absolute atomic E-state index is 11.3. The third kappa shape index (κ3) is 21.3. The van der Waals surface area contributed by atoms with E-state index in [1.165, 1.54) is 45.5 Å². The number of fused-ring (bicyclic) bond motifs is 19. The average Bonchev–Trinajstić information content (AvgIpc) is 2.22. The zero-order valence-electron chi connectivity index (χ0n) is 46.8. The van der Waals surface area contributed by atoms with E-state index in [2.05, 4.69) is 42.4 Å². The summed E-state index contributed by atoms with van der Waals surface area (Å²) >= 11 is 0. The Morgan fingerprint density at radius 1 is 0.512 bits per heavy atom. The van der Waals surface area contributed by atoms with Crippen molar-refractivity contribution in [2.75, 3.05) is 35.7 Å². The van der Waals surface area contributed by atoms with E-state index in [1.54, 1.807) is 0 Å². The largest absolute Gasteiger partial charge is 2.00 e. The fourth-order valence-corrected chi connectivity index (χ4v) is 11.3. The van der Waals surface area contributed by atoms with E-state index in [9.17, 15) is 34.4 Å². The second-order valence-corrected chi connectivity index (χ2v) is 23.4. The number of aromatic nitrogens is 11. The van der Waals surface area contributed by atoms with Crippen LogP contribution in [0.25, 0.3) is 56.5 Å². The van der Waals surface area contributed by atoms with Crippen molar-refractivity contribution in [2.45, 2.75) is 172 Å². The van der Waals surface area contributed by atoms with Crippen LogP contribution in [0.2, 0.25) is 0 Å². The topological polar surface area (TPSA) is 329 Å². The molecule has 0 atom stereocenters. The first-order valence-corrected chi connectivity index (χ1v) is 31.6. The molecule has 0 saturated heterocycles. The van der Waals surface area contributed by atoms with Crippen molar-refractivity contribution in [1.82, 2.24) is 59.5 Å². The van der Waals surface area contributed by atoms with Crippen LogP contribution in [0.1, 0.15) is 175 Å². The molecule has 0 amide bonds. The van der Waals surface area contributed by atoms with Crippen LogP contribution in [-0.4, -0.2) is 104 Å². The van der Waals surface area contributed by atoms with E-state index in [1.807, 2.05) is 39.8 Å². The van der Waals surface area contributed by atoms with Crippen molar-refractivity contribution in [1.29, 1.82) is 0 Å². The molecule has 0 saturated carbocycles. The first kappa shape index (κ1) is 81.9. The van der Waals surface area contributed by atoms with Gasteiger partial charge < -0.3 is 49.6 Å². The maximum atomic E-state index is 11.3. The number of sulfonamides is 1. The monoisotopic (exact) mass is 1310 g/mol. The van der Waals surface area contributed by atoms with Gasteiger partial charge in [-0.15, -0.1) is 0 Å². The molecule has 11 rings (SSSR count). The fourth-order valence-electron chi connectivity index (χ4n) is 9.76. The Morgan fingerprint density at radius 3 is 1.41 bits per heavy atom. The van der Waals surface area contributed by atoms with Gasteiger partial charge in [0.2, 0.25) is 21.9 Å². The van der Waals surface area contributed by atoms with Crippen molar-refractivity contribution in [2.24, 2.45) is 0 Å². The summed E-state index contributed by atoms with van der Waals surface area (Å²) in [6, 6.07) is 13.4. The smallest absolute Gasteiger partial charge is 0.748 e. The Balaban J connectivity index is 0.00000148. The minimum atomic E-state index is -4.67. The van der Waals surface area contributed by atoms with Crippen molar-refractivity contribution in [3.8, 4) is 22.8 Å². The predicted molar refractivity (Wildman–Crippen MR) is 330 cm³/mol. The molecular formula is C58H84CuN14Na2O8S3. The molecule has 1 radical (unpaired) electrons. The van der Waals surface area contributed by atoms with E-state index in [4.69, 9.17) is 39.9 Å². The van der Waals surface area contributed by atoms with Gasteiger partial charge in [-0.1, -0.05) is 95.2 Å². The van der Waals surface area contributed by atoms with Crippen LogP contribution in [-0.2, 0) is 79.4 Å². The summed E-state index contributed by atoms with van der Waals surface area (Å²) in [4.78, 5) is 52.7. The molecule has 5 aliphatic rings. The van der Waals surface area contributed by atoms with Crippen LogP contribution >= 0.6 is 0 Å². The number of benzene rings is 2. The standard InChI is InChI=1S/C32H28N8.C17H26N6O8S3.2C2H6.5CH4.Cu.2Na/c1-2-10-18-17(9-1)25-33-26(18)38-28-21-13-5-6-14-22(21)30(35-28)40-32-24-16-8-7-15-23(24)31(36-32)39-29-20-12-4-3-11-19(20)27(34-29)37-25;1-32(24,25)19-10-3-2-8-15-21-16(18-9-5-11-33(26,27)28)23-17(22-15)20-13-6-4-7-14(12-13)34(29,30)31;2*1-2;;;;;;;;/h1-2,9-10H,3-8,11-16H2;4,6-7,12,19H,2-3,5,8-11H2,1H3,(H,26,27,28)(H,29,30,31)(H2,18,20,21,22,23);2*1-2H3;5*1H4;;;/q-2;;;;;;;;;+2;2*+1/p-2. The molecule has 2 aromatic carbocycles. The van der Waals surface area contributed by atoms with Crippen molar-refractivity contribution in [3.05, 3.63) is 88.3 Å². The first-order valence-electron chi connectivity index (χ1n) is 26.7. The first-order chi connectivity index (χ1) is 37.5. The predicted octanol–water partition coefficient (Wildman–Crippen LogP) is 4.71. The van der Waals surface area contributed by atoms with Gasteiger partial charge in [0.05, 0.1) is 44.6 Å². The van der Waals surface area contributed by atoms with E-state index in [0.29, 0.717) is 36.7 Å². The Kier molecular flexibility index (Phi) is 35.4. The second kappa shape index (κ2) is 37.1. The molecule has 86 heavy (non-hydrogen) atoms. The molecule has 8 bridgehead atoms. The zero-order chi connectivity index (χ0) is 55.6. The zero-order valence-corrected chi connectivity index (χ0v) is 54.2. The van der Waals surface area contributed by atoms with Gasteiger partial charge in [-0.3, -0.25) is 0 Å². The number of nitrogens with zero attached hydrogens (tertiary/aromatic N) is 11. The molecule has 2 aliphatic heterocycles. The van der Waals surface area contributed by atoms with E-state index in [-0.39, 0.29) is 150 Å². The molecule has 465 valence electrons. The van der Waals surface area contributed by atoms with Crippen LogP contribution in [0.5, 0.6) is 0 Å². The Morgan fingerprint density at radius 2 is 0.953 bits per heavy atom. The van der Waals surface area contributed by atoms with Crippen LogP contribution in [0.3, 0.4) is 0 Å². The molecule has 6 heterocycles. The average molecular weight is 1310 g/mol. The molecule has 22 nitrogen and oxygen atoms in total. The summed E-state index contributed by atoms with van der Waals surface area (Å²) in [7, 11) is -12.3. The van der Waals surface area contributed by atoms with Gasteiger partial charge in [-0.2, -0.15) is 15.0 Å². The summed E-state index contributed by atoms with van der Waals surface area (Å²) < 4.78 is 90.6. The van der Waals surface area contributed by atoms with Crippen LogP contribution in [0.15, 0.2) is 53.4 Å². The fraction of sp³-hybridized carbons (Fsp3) is 0.500. The molecule has 6 aromatic rings. The second-order valence-electron chi connectivity index (χ2n) is 18.7. The van der Waals surface area contributed by atoms with Crippen molar-refractivity contribution < 1.29 is 111 Å². The number of nitrogens with one attached hydrogen (secondary N) is 3. The Bertz CT molecular complexity index is 3610. The number of unbranched alkanes of at least 4 members (excludes halogenated alkanes) is 1. The summed E-state index contributed by atoms with van der Waals surface area (Å²) in [5.41, 5.74) is 12.5. The van der Waals surface area contributed by atoms with Gasteiger partial charge >= 0.3 is 76.2 Å². The third-order valence-corrected chi connectivity index (χ3v) is 15.6. The van der Waals surface area contributed by atoms with Gasteiger partial charge in [0.1, 0.15) is 15.9 Å². The number of hydrogen-bond acceptors (Lipinski definition) is 19. The summed E-state index contributed by atoms with van der Waals surface area (Å²) in [6.45, 7) is 8.33. The van der Waals surface area contributed by atoms with Gasteiger partial charge in [0, 0.05) is 64.7 Å². The SMILES string of the molecule is C.C.C.C.C.CC.CC.CS(=O)(=O)NCCCCc1nc(NCCCS(=O)(=O)[O-])nc(Nc2cccc(S(=O)(=O)[O-])c2)n1.[Cu+2].[Na+].[Na+].c1ccc2c(c1)-c1nc-2nc2[n-]c(nc3nc(nc4[n-]c(n1)c1c4CCCC1)C1=C3CCCC1)c1c2CCCC1. The normalized spacial score (nSPS) is 13.3. The Hall–Kier alpha value is -4.12. The van der Waals surface area contributed by atoms with Gasteiger partial charge in [0.15, 0.2) is 0 Å². The van der Waals surface area contributed by atoms with Gasteiger partial charge in [-0.25, -0.2) is 39.9 Å². The summed E-state index contributed by atoms with van der Waals surface area (Å²) in [5.74, 6) is 2.75. The number of hydrogen-bond donors (Lipinski definition) is 3. The molecule has 4 aromatic heterocycles. The van der Waals surface area contributed by atoms with E-state index in [0.717, 1.165) is 141 Å². The van der Waals surface area contributed by atoms with Crippen LogP contribution < -0.4 is 84.4 Å². The maximum Gasteiger partial charge on any atom is 2.00 e. The van der Waals surface area contributed by atoms with E-state index < -0.39 is 40.9 Å². The molecule has 0 fully saturated rings. The molecule has 3 aliphatic carbocycles. The number of allylic oxidation sites excluding steroid dienone is 2. The molecule has 0 spiro atoms. The van der Waals surface area contributed by atoms with Crippen molar-refractivity contribution >= 4 is 81.6 Å². The third-order valence-electron chi connectivity index (χ3n) is 13.2. The van der Waals surface area contributed by atoms with E-state index >= 15 is 0 Å². The number of rotatable bonds is 14. The van der Waals surface area contributed by atoms with Gasteiger partial charge in [-0.05, 0) is 148 Å². The minimum absolute atomic E-state index is 0. The molecule has 28 heteroatoms. The quantitative estimate of drug-likeness (QED) is 0.0754. The Labute approximate surface area is 565 Å². The molecular weight excluding hydrogens is 1230 g/mol. The van der Waals surface area contributed by atoms with Gasteiger partial charge in [0.25, 0.3) is 0 Å².